The van der Waals surface area contributed by atoms with Crippen LogP contribution in [-0.4, -0.2) is 34.2 Å². The van der Waals surface area contributed by atoms with Crippen LogP contribution in [-0.2, 0) is 10.3 Å². The third-order valence-corrected chi connectivity index (χ3v) is 6.47. The fourth-order valence-electron chi connectivity index (χ4n) is 4.52. The third kappa shape index (κ3) is 4.91. The van der Waals surface area contributed by atoms with E-state index in [9.17, 15) is 14.3 Å². The molecule has 1 aromatic heterocycles. The molecular formula is C27H29FN2O3. The number of carbonyl (C=O) groups is 1. The second-order valence-electron chi connectivity index (χ2n) is 8.62. The number of carbonyl (C=O) groups excluding carboxylic acids is 1. The Labute approximate surface area is 193 Å². The average molecular weight is 449 g/mol. The Balaban J connectivity index is 1.51. The fourth-order valence-corrected chi connectivity index (χ4v) is 4.52. The van der Waals surface area contributed by atoms with Crippen molar-refractivity contribution in [3.8, 4) is 11.1 Å². The lowest BCUT2D eigenvalue weighted by atomic mass is 9.84. The molecule has 1 aliphatic heterocycles. The number of aryl methyl sites for hydroxylation is 1. The molecule has 0 bridgehead atoms. The number of aliphatic hydroxyl groups excluding tert-OH is 1. The van der Waals surface area contributed by atoms with E-state index < -0.39 is 11.7 Å². The van der Waals surface area contributed by atoms with Crippen LogP contribution in [0.3, 0.4) is 0 Å². The molecule has 1 N–H and O–H groups in total. The third-order valence-electron chi connectivity index (χ3n) is 6.47. The Bertz CT molecular complexity index is 1100. The minimum atomic E-state index is -0.854. The Morgan fingerprint density at radius 2 is 1.85 bits per heavy atom. The van der Waals surface area contributed by atoms with Gasteiger partial charge < -0.3 is 14.7 Å². The van der Waals surface area contributed by atoms with E-state index in [-0.39, 0.29) is 18.5 Å². The summed E-state index contributed by atoms with van der Waals surface area (Å²) in [5, 5.41) is 9.36. The first-order valence-electron chi connectivity index (χ1n) is 11.3. The number of rotatable bonds is 7. The van der Waals surface area contributed by atoms with Crippen molar-refractivity contribution in [2.45, 2.75) is 44.8 Å². The van der Waals surface area contributed by atoms with E-state index in [1.54, 1.807) is 23.2 Å². The summed E-state index contributed by atoms with van der Waals surface area (Å²) in [6.45, 7) is 4.47. The van der Waals surface area contributed by atoms with E-state index in [4.69, 9.17) is 4.74 Å². The molecule has 5 nitrogen and oxygen atoms in total. The number of aliphatic hydroxyl groups is 1. The van der Waals surface area contributed by atoms with Gasteiger partial charge in [-0.15, -0.1) is 0 Å². The van der Waals surface area contributed by atoms with Crippen LogP contribution >= 0.6 is 0 Å². The molecule has 0 aliphatic carbocycles. The molecule has 2 heterocycles. The van der Waals surface area contributed by atoms with Crippen molar-refractivity contribution < 1.29 is 19.0 Å². The number of ether oxygens (including phenoxy) is 1. The zero-order valence-corrected chi connectivity index (χ0v) is 19.0. The molecule has 0 spiro atoms. The molecule has 2 aromatic carbocycles. The zero-order valence-electron chi connectivity index (χ0n) is 19.0. The van der Waals surface area contributed by atoms with Crippen molar-refractivity contribution in [2.75, 3.05) is 13.2 Å². The van der Waals surface area contributed by atoms with Crippen LogP contribution in [0.4, 0.5) is 9.18 Å². The van der Waals surface area contributed by atoms with E-state index in [0.717, 1.165) is 27.9 Å². The molecule has 1 amide bonds. The first kappa shape index (κ1) is 22.9. The number of halogens is 1. The quantitative estimate of drug-likeness (QED) is 0.499. The number of benzene rings is 2. The van der Waals surface area contributed by atoms with Gasteiger partial charge in [-0.3, -0.25) is 4.98 Å². The van der Waals surface area contributed by atoms with Crippen molar-refractivity contribution in [1.82, 2.24) is 9.88 Å². The molecule has 2 atom stereocenters. The summed E-state index contributed by atoms with van der Waals surface area (Å²) in [5.41, 5.74) is 4.09. The average Bonchev–Trinajstić information content (AvgIpc) is 2.83. The maximum atomic E-state index is 13.5. The summed E-state index contributed by atoms with van der Waals surface area (Å²) in [5.74, 6) is -0.334. The second-order valence-corrected chi connectivity index (χ2v) is 8.62. The summed E-state index contributed by atoms with van der Waals surface area (Å²) < 4.78 is 19.5. The lowest BCUT2D eigenvalue weighted by Crippen LogP contribution is -2.48. The summed E-state index contributed by atoms with van der Waals surface area (Å²) in [6, 6.07) is 18.1. The molecule has 0 unspecified atom stereocenters. The summed E-state index contributed by atoms with van der Waals surface area (Å²) in [6.07, 6.45) is 2.96. The van der Waals surface area contributed by atoms with Crippen LogP contribution in [0.15, 0.2) is 66.9 Å². The van der Waals surface area contributed by atoms with Crippen molar-refractivity contribution in [3.05, 3.63) is 89.5 Å². The summed E-state index contributed by atoms with van der Waals surface area (Å²) in [4.78, 5) is 19.1. The Kier molecular flexibility index (Phi) is 6.75. The molecule has 172 valence electrons. The van der Waals surface area contributed by atoms with Gasteiger partial charge in [0.15, 0.2) is 0 Å². The highest BCUT2D eigenvalue weighted by Crippen LogP contribution is 2.40. The van der Waals surface area contributed by atoms with Gasteiger partial charge in [-0.2, -0.15) is 0 Å². The van der Waals surface area contributed by atoms with E-state index >= 15 is 0 Å². The molecule has 1 aliphatic rings. The lowest BCUT2D eigenvalue weighted by molar-refractivity contribution is -0.0680. The van der Waals surface area contributed by atoms with E-state index in [0.29, 0.717) is 25.8 Å². The second kappa shape index (κ2) is 9.71. The smallest absolute Gasteiger partial charge is 0.411 e. The maximum Gasteiger partial charge on any atom is 0.411 e. The number of hydrogen-bond acceptors (Lipinski definition) is 4. The monoisotopic (exact) mass is 448 g/mol. The number of pyridine rings is 1. The molecule has 0 radical (unpaired) electrons. The van der Waals surface area contributed by atoms with Crippen LogP contribution in [0, 0.1) is 12.7 Å². The van der Waals surface area contributed by atoms with Gasteiger partial charge in [0.05, 0.1) is 6.04 Å². The normalized spacial score (nSPS) is 19.3. The zero-order chi connectivity index (χ0) is 23.4. The number of hydrogen-bond donors (Lipinski definition) is 1. The Morgan fingerprint density at radius 1 is 1.12 bits per heavy atom. The van der Waals surface area contributed by atoms with Crippen LogP contribution in [0.25, 0.3) is 11.1 Å². The molecule has 1 fully saturated rings. The summed E-state index contributed by atoms with van der Waals surface area (Å²) >= 11 is 0. The highest BCUT2D eigenvalue weighted by atomic mass is 19.1. The van der Waals surface area contributed by atoms with Gasteiger partial charge in [0.25, 0.3) is 0 Å². The van der Waals surface area contributed by atoms with Crippen molar-refractivity contribution in [2.24, 2.45) is 0 Å². The SMILES string of the molecule is Cc1cc(-c2ccc([C@H](C)N3CC[C@](CCCO)(c4ccc(F)cc4)OC3=O)cc2)ccn1. The van der Waals surface area contributed by atoms with Crippen molar-refractivity contribution >= 4 is 6.09 Å². The van der Waals surface area contributed by atoms with Gasteiger partial charge in [0.2, 0.25) is 0 Å². The number of nitrogens with zero attached hydrogens (tertiary/aromatic N) is 2. The van der Waals surface area contributed by atoms with Crippen molar-refractivity contribution in [3.63, 3.8) is 0 Å². The van der Waals surface area contributed by atoms with Crippen LogP contribution in [0.5, 0.6) is 0 Å². The minimum Gasteiger partial charge on any atom is -0.438 e. The predicted octanol–water partition coefficient (Wildman–Crippen LogP) is 5.77. The largest absolute Gasteiger partial charge is 0.438 e. The van der Waals surface area contributed by atoms with Gasteiger partial charge in [0.1, 0.15) is 11.4 Å². The first-order valence-corrected chi connectivity index (χ1v) is 11.3. The predicted molar refractivity (Wildman–Crippen MR) is 125 cm³/mol. The van der Waals surface area contributed by atoms with Gasteiger partial charge >= 0.3 is 6.09 Å². The fraction of sp³-hybridized carbons (Fsp3) is 0.333. The van der Waals surface area contributed by atoms with Gasteiger partial charge in [0, 0.05) is 31.5 Å². The molecular weight excluding hydrogens is 419 g/mol. The van der Waals surface area contributed by atoms with Gasteiger partial charge in [-0.25, -0.2) is 9.18 Å². The standard InChI is InChI=1S/C27H29FN2O3/c1-19-18-23(12-15-29-19)22-6-4-21(5-7-22)20(2)30-16-14-27(13-3-17-31,33-26(30)32)24-8-10-25(28)11-9-24/h4-12,15,18,20,31H,3,13-14,16-17H2,1-2H3/t20-,27+/m0/s1. The molecule has 4 rings (SSSR count). The topological polar surface area (TPSA) is 62.7 Å². The first-order chi connectivity index (χ1) is 15.9. The van der Waals surface area contributed by atoms with Crippen LogP contribution in [0.1, 0.15) is 49.0 Å². The van der Waals surface area contributed by atoms with E-state index in [1.807, 2.05) is 38.1 Å². The molecule has 0 saturated carbocycles. The Hall–Kier alpha value is -3.25. The minimum absolute atomic E-state index is 0.00393. The molecule has 33 heavy (non-hydrogen) atoms. The molecule has 6 heteroatoms. The van der Waals surface area contributed by atoms with Gasteiger partial charge in [-0.05, 0) is 73.2 Å². The highest BCUT2D eigenvalue weighted by molar-refractivity contribution is 5.70. The number of cyclic esters (lactones) is 1. The number of aromatic nitrogens is 1. The Morgan fingerprint density at radius 3 is 2.48 bits per heavy atom. The molecule has 3 aromatic rings. The van der Waals surface area contributed by atoms with Crippen molar-refractivity contribution in [1.29, 1.82) is 0 Å². The molecule has 1 saturated heterocycles. The maximum absolute atomic E-state index is 13.5. The van der Waals surface area contributed by atoms with E-state index in [1.165, 1.54) is 12.1 Å². The van der Waals surface area contributed by atoms with E-state index in [2.05, 4.69) is 17.1 Å². The lowest BCUT2D eigenvalue weighted by Gasteiger charge is -2.43. The van der Waals surface area contributed by atoms with Crippen LogP contribution in [0.2, 0.25) is 0 Å². The summed E-state index contributed by atoms with van der Waals surface area (Å²) in [7, 11) is 0. The highest BCUT2D eigenvalue weighted by Gasteiger charge is 2.43. The van der Waals surface area contributed by atoms with Gasteiger partial charge in [-0.1, -0.05) is 36.4 Å². The van der Waals surface area contributed by atoms with Crippen LogP contribution < -0.4 is 0 Å². The number of amides is 1.